The minimum Gasteiger partial charge on any atom is -0.479 e. The van der Waals surface area contributed by atoms with E-state index < -0.39 is 61.3 Å². The van der Waals surface area contributed by atoms with Gasteiger partial charge in [0.05, 0.1) is 6.61 Å². The molecule has 53 heavy (non-hydrogen) atoms. The Morgan fingerprint density at radius 1 is 0.604 bits per heavy atom. The largest absolute Gasteiger partial charge is 0.479 e. The first-order chi connectivity index (χ1) is 25.7. The quantitative estimate of drug-likeness (QED) is 0.0313. The summed E-state index contributed by atoms with van der Waals surface area (Å²) in [6.07, 6.45) is 28.7. The normalized spacial score (nSPS) is 21.4. The summed E-state index contributed by atoms with van der Waals surface area (Å²) >= 11 is 0. The summed E-state index contributed by atoms with van der Waals surface area (Å²) in [5.41, 5.74) is 0. The zero-order valence-electron chi connectivity index (χ0n) is 32.2. The lowest BCUT2D eigenvalue weighted by Gasteiger charge is -2.38. The van der Waals surface area contributed by atoms with Gasteiger partial charge in [-0.05, 0) is 64.2 Å². The predicted molar refractivity (Wildman–Crippen MR) is 206 cm³/mol. The number of rotatable bonds is 31. The van der Waals surface area contributed by atoms with Gasteiger partial charge in [-0.1, -0.05) is 120 Å². The van der Waals surface area contributed by atoms with E-state index in [1.165, 1.54) is 32.1 Å². The van der Waals surface area contributed by atoms with Gasteiger partial charge in [-0.3, -0.25) is 9.59 Å². The van der Waals surface area contributed by atoms with E-state index in [1.54, 1.807) is 0 Å². The third kappa shape index (κ3) is 24.8. The summed E-state index contributed by atoms with van der Waals surface area (Å²) in [7, 11) is 0. The van der Waals surface area contributed by atoms with Gasteiger partial charge in [-0.15, -0.1) is 0 Å². The maximum absolute atomic E-state index is 12.7. The molecule has 4 N–H and O–H groups in total. The molecule has 6 unspecified atom stereocenters. The number of carboxylic acid groups (broad SMARTS) is 1. The second-order valence-electron chi connectivity index (χ2n) is 13.4. The molecule has 0 saturated carbocycles. The number of hydrogen-bond donors (Lipinski definition) is 4. The second kappa shape index (κ2) is 32.3. The van der Waals surface area contributed by atoms with Crippen LogP contribution in [-0.2, 0) is 33.3 Å². The van der Waals surface area contributed by atoms with Gasteiger partial charge in [0, 0.05) is 12.8 Å². The molecule has 0 aliphatic carbocycles. The lowest BCUT2D eigenvalue weighted by molar-refractivity contribution is -0.298. The summed E-state index contributed by atoms with van der Waals surface area (Å²) in [6, 6.07) is 0. The molecule has 11 nitrogen and oxygen atoms in total. The molecule has 0 spiro atoms. The van der Waals surface area contributed by atoms with Crippen LogP contribution in [0, 0.1) is 0 Å². The zero-order valence-corrected chi connectivity index (χ0v) is 32.2. The van der Waals surface area contributed by atoms with E-state index in [9.17, 15) is 34.8 Å². The van der Waals surface area contributed by atoms with Crippen LogP contribution in [0.15, 0.2) is 60.8 Å². The third-order valence-corrected chi connectivity index (χ3v) is 8.61. The molecule has 6 atom stereocenters. The minimum absolute atomic E-state index is 0.111. The first kappa shape index (κ1) is 47.9. The number of carbonyl (C=O) groups is 3. The Morgan fingerprint density at radius 3 is 1.75 bits per heavy atom. The van der Waals surface area contributed by atoms with Crippen molar-refractivity contribution >= 4 is 17.9 Å². The number of ether oxygens (including phenoxy) is 4. The lowest BCUT2D eigenvalue weighted by atomic mass is 9.99. The highest BCUT2D eigenvalue weighted by molar-refractivity contribution is 5.73. The lowest BCUT2D eigenvalue weighted by Crippen LogP contribution is -2.60. The standard InChI is InChI=1S/C42H68O11/c1-3-5-7-9-11-13-15-17-19-21-23-25-27-29-31-36(44)52-34(33-51-42-39(47)37(45)38(46)40(53-42)41(48)49)32-50-35(43)30-28-26-24-22-20-18-16-14-12-10-8-6-4-2/h6,8,12,14-15,17-18,20,24,26,34,37-40,42,45-47H,3-5,7,9-11,13,16,19,21-23,25,27-33H2,1-2H3,(H,48,49)/b8-6-,14-12-,17-15-,20-18-,26-24-. The molecule has 0 bridgehead atoms. The number of aliphatic hydroxyl groups excluding tert-OH is 3. The molecule has 0 aromatic heterocycles. The fraction of sp³-hybridized carbons (Fsp3) is 0.690. The molecule has 11 heteroatoms. The molecule has 1 fully saturated rings. The van der Waals surface area contributed by atoms with Crippen molar-refractivity contribution in [2.45, 2.75) is 173 Å². The van der Waals surface area contributed by atoms with Crippen LogP contribution in [0.3, 0.4) is 0 Å². The Hall–Kier alpha value is -3.09. The maximum Gasteiger partial charge on any atom is 0.335 e. The maximum atomic E-state index is 12.7. The first-order valence-electron chi connectivity index (χ1n) is 19.8. The highest BCUT2D eigenvalue weighted by Gasteiger charge is 2.47. The van der Waals surface area contributed by atoms with Crippen LogP contribution in [0.2, 0.25) is 0 Å². The van der Waals surface area contributed by atoms with Crippen molar-refractivity contribution in [2.75, 3.05) is 13.2 Å². The van der Waals surface area contributed by atoms with Crippen LogP contribution in [-0.4, -0.2) is 88.4 Å². The van der Waals surface area contributed by atoms with Crippen LogP contribution in [0.5, 0.6) is 0 Å². The molecule has 0 aromatic carbocycles. The monoisotopic (exact) mass is 748 g/mol. The van der Waals surface area contributed by atoms with Gasteiger partial charge in [0.15, 0.2) is 18.5 Å². The number of unbranched alkanes of at least 4 members (excludes halogenated alkanes) is 10. The Balaban J connectivity index is 2.49. The van der Waals surface area contributed by atoms with Crippen molar-refractivity contribution in [1.82, 2.24) is 0 Å². The summed E-state index contributed by atoms with van der Waals surface area (Å²) in [5.74, 6) is -2.57. The Bertz CT molecular complexity index is 1110. The van der Waals surface area contributed by atoms with Crippen LogP contribution in [0.4, 0.5) is 0 Å². The van der Waals surface area contributed by atoms with Gasteiger partial charge < -0.3 is 39.4 Å². The van der Waals surface area contributed by atoms with Crippen molar-refractivity contribution < 1.29 is 53.8 Å². The zero-order chi connectivity index (χ0) is 38.9. The number of carbonyl (C=O) groups excluding carboxylic acids is 2. The molecule has 1 aliphatic heterocycles. The molecule has 1 rings (SSSR count). The number of hydrogen-bond acceptors (Lipinski definition) is 10. The summed E-state index contributed by atoms with van der Waals surface area (Å²) in [5, 5.41) is 39.7. The number of carboxylic acids is 1. The van der Waals surface area contributed by atoms with Crippen molar-refractivity contribution in [2.24, 2.45) is 0 Å². The first-order valence-corrected chi connectivity index (χ1v) is 19.8. The van der Waals surface area contributed by atoms with Crippen LogP contribution in [0.25, 0.3) is 0 Å². The predicted octanol–water partition coefficient (Wildman–Crippen LogP) is 7.58. The van der Waals surface area contributed by atoms with Crippen molar-refractivity contribution in [3.05, 3.63) is 60.8 Å². The fourth-order valence-electron chi connectivity index (χ4n) is 5.47. The molecular weight excluding hydrogens is 680 g/mol. The van der Waals surface area contributed by atoms with Gasteiger partial charge in [0.25, 0.3) is 0 Å². The smallest absolute Gasteiger partial charge is 0.335 e. The molecule has 1 aliphatic rings. The van der Waals surface area contributed by atoms with Crippen LogP contribution >= 0.6 is 0 Å². The Morgan fingerprint density at radius 2 is 1.15 bits per heavy atom. The van der Waals surface area contributed by atoms with Crippen molar-refractivity contribution in [1.29, 1.82) is 0 Å². The van der Waals surface area contributed by atoms with Crippen molar-refractivity contribution in [3.8, 4) is 0 Å². The van der Waals surface area contributed by atoms with Crippen LogP contribution < -0.4 is 0 Å². The molecule has 0 aromatic rings. The molecule has 302 valence electrons. The van der Waals surface area contributed by atoms with Gasteiger partial charge >= 0.3 is 17.9 Å². The van der Waals surface area contributed by atoms with E-state index >= 15 is 0 Å². The molecular formula is C42H68O11. The van der Waals surface area contributed by atoms with Crippen LogP contribution in [0.1, 0.15) is 136 Å². The highest BCUT2D eigenvalue weighted by atomic mass is 16.7. The minimum atomic E-state index is -1.87. The van der Waals surface area contributed by atoms with E-state index in [1.807, 2.05) is 12.2 Å². The van der Waals surface area contributed by atoms with E-state index in [-0.39, 0.29) is 19.4 Å². The average Bonchev–Trinajstić information content (AvgIpc) is 3.14. The van der Waals surface area contributed by atoms with E-state index in [4.69, 9.17) is 18.9 Å². The molecule has 0 radical (unpaired) electrons. The van der Waals surface area contributed by atoms with Gasteiger partial charge in [-0.2, -0.15) is 0 Å². The van der Waals surface area contributed by atoms with Gasteiger partial charge in [-0.25, -0.2) is 4.79 Å². The SMILES string of the molecule is CC/C=C\C/C=C\C/C=C\C/C=C\CCC(=O)OCC(COC1OC(C(=O)O)C(O)C(O)C1O)OC(=O)CCCCCCC/C=C\CCCCCCC. The highest BCUT2D eigenvalue weighted by Crippen LogP contribution is 2.23. The van der Waals surface area contributed by atoms with Gasteiger partial charge in [0.2, 0.25) is 0 Å². The number of aliphatic carboxylic acids is 1. The fourth-order valence-corrected chi connectivity index (χ4v) is 5.47. The van der Waals surface area contributed by atoms with E-state index in [0.29, 0.717) is 12.8 Å². The average molecular weight is 749 g/mol. The number of allylic oxidation sites excluding steroid dienone is 10. The van der Waals surface area contributed by atoms with Gasteiger partial charge in [0.1, 0.15) is 24.9 Å². The van der Waals surface area contributed by atoms with E-state index in [2.05, 4.69) is 62.5 Å². The molecule has 1 saturated heterocycles. The summed E-state index contributed by atoms with van der Waals surface area (Å²) in [6.45, 7) is 3.58. The summed E-state index contributed by atoms with van der Waals surface area (Å²) < 4.78 is 21.5. The molecule has 0 amide bonds. The topological polar surface area (TPSA) is 169 Å². The Labute approximate surface area is 317 Å². The Kier molecular flexibility index (Phi) is 29.3. The molecule has 1 heterocycles. The van der Waals surface area contributed by atoms with Crippen molar-refractivity contribution in [3.63, 3.8) is 0 Å². The number of esters is 2. The van der Waals surface area contributed by atoms with E-state index in [0.717, 1.165) is 64.2 Å². The number of aliphatic hydroxyl groups is 3. The third-order valence-electron chi connectivity index (χ3n) is 8.61. The second-order valence-corrected chi connectivity index (χ2v) is 13.4. The summed E-state index contributed by atoms with van der Waals surface area (Å²) in [4.78, 5) is 36.6.